The molecule has 1 aromatic carbocycles. The van der Waals surface area contributed by atoms with Crippen LogP contribution in [0.15, 0.2) is 42.6 Å². The number of fused-ring (bicyclic) bond motifs is 2. The lowest BCUT2D eigenvalue weighted by molar-refractivity contribution is -0.124. The first kappa shape index (κ1) is 19.9. The highest BCUT2D eigenvalue weighted by Crippen LogP contribution is 2.22. The number of para-hydroxylation sites is 1. The zero-order valence-corrected chi connectivity index (χ0v) is 17.0. The number of aromatic nitrogens is 1. The highest BCUT2D eigenvalue weighted by molar-refractivity contribution is 5.78. The minimum atomic E-state index is -0.100. The molecule has 6 heteroatoms. The smallest absolute Gasteiger partial charge is 0.258 e. The molecule has 2 aliphatic rings. The lowest BCUT2D eigenvalue weighted by atomic mass is 10.1. The van der Waals surface area contributed by atoms with Crippen molar-refractivity contribution in [2.45, 2.75) is 44.9 Å². The molecule has 0 unspecified atom stereocenters. The SMILES string of the molecule is Cc1ccc(CN2C[C@@H]3NC(=O)COc4ccccc4CCCCO[C@@H]3C2)cn1. The molecule has 0 radical (unpaired) electrons. The first-order chi connectivity index (χ1) is 14.2. The molecule has 4 rings (SSSR count). The predicted octanol–water partition coefficient (Wildman–Crippen LogP) is 2.49. The number of carbonyl (C=O) groups excluding carboxylic acids is 1. The molecule has 2 aromatic rings. The number of aryl methyl sites for hydroxylation is 2. The largest absolute Gasteiger partial charge is 0.483 e. The molecule has 1 aromatic heterocycles. The predicted molar refractivity (Wildman–Crippen MR) is 111 cm³/mol. The fraction of sp³-hybridized carbons (Fsp3) is 0.478. The van der Waals surface area contributed by atoms with Crippen LogP contribution in [0.3, 0.4) is 0 Å². The van der Waals surface area contributed by atoms with Gasteiger partial charge in [0.05, 0.1) is 12.1 Å². The Labute approximate surface area is 172 Å². The van der Waals surface area contributed by atoms with Crippen molar-refractivity contribution in [3.8, 4) is 5.75 Å². The van der Waals surface area contributed by atoms with Crippen LogP contribution in [-0.2, 0) is 22.5 Å². The summed E-state index contributed by atoms with van der Waals surface area (Å²) in [5.74, 6) is 0.704. The standard InChI is InChI=1S/C23H29N3O3/c1-17-9-10-18(12-24-17)13-26-14-20-22(15-26)28-11-5-4-7-19-6-2-3-8-21(19)29-16-23(27)25-20/h2-3,6,8-10,12,20,22H,4-5,7,11,13-16H2,1H3,(H,25,27)/t20-,22+/m0/s1. The molecule has 6 nitrogen and oxygen atoms in total. The summed E-state index contributed by atoms with van der Waals surface area (Å²) in [5.41, 5.74) is 3.35. The second-order valence-corrected chi connectivity index (χ2v) is 7.94. The summed E-state index contributed by atoms with van der Waals surface area (Å²) in [6.07, 6.45) is 4.89. The molecule has 1 amide bonds. The normalized spacial score (nSPS) is 23.6. The molecule has 2 atom stereocenters. The summed E-state index contributed by atoms with van der Waals surface area (Å²) in [6.45, 7) is 5.11. The number of nitrogens with zero attached hydrogens (tertiary/aromatic N) is 2. The van der Waals surface area contributed by atoms with Gasteiger partial charge in [-0.25, -0.2) is 0 Å². The Bertz CT molecular complexity index is 824. The van der Waals surface area contributed by atoms with Gasteiger partial charge in [0.1, 0.15) is 5.75 Å². The number of amides is 1. The second kappa shape index (κ2) is 9.37. The first-order valence-electron chi connectivity index (χ1n) is 10.4. The van der Waals surface area contributed by atoms with E-state index >= 15 is 0 Å². The highest BCUT2D eigenvalue weighted by atomic mass is 16.5. The monoisotopic (exact) mass is 395 g/mol. The van der Waals surface area contributed by atoms with Gasteiger partial charge in [-0.3, -0.25) is 14.7 Å². The first-order valence-corrected chi connectivity index (χ1v) is 10.4. The molecular formula is C23H29N3O3. The quantitative estimate of drug-likeness (QED) is 0.847. The van der Waals surface area contributed by atoms with Crippen molar-refractivity contribution in [2.24, 2.45) is 0 Å². The van der Waals surface area contributed by atoms with E-state index in [0.29, 0.717) is 6.61 Å². The molecule has 0 bridgehead atoms. The van der Waals surface area contributed by atoms with Gasteiger partial charge in [-0.15, -0.1) is 0 Å². The Hall–Kier alpha value is -2.44. The Balaban J connectivity index is 1.41. The number of benzene rings is 1. The van der Waals surface area contributed by atoms with Gasteiger partial charge in [-0.2, -0.15) is 0 Å². The minimum absolute atomic E-state index is 0.000450. The highest BCUT2D eigenvalue weighted by Gasteiger charge is 2.34. The molecule has 29 heavy (non-hydrogen) atoms. The molecule has 1 fully saturated rings. The maximum Gasteiger partial charge on any atom is 0.258 e. The molecule has 154 valence electrons. The van der Waals surface area contributed by atoms with E-state index in [-0.39, 0.29) is 24.7 Å². The Kier molecular flexibility index (Phi) is 6.42. The molecule has 2 aliphatic heterocycles. The Morgan fingerprint density at radius 3 is 2.93 bits per heavy atom. The van der Waals surface area contributed by atoms with Gasteiger partial charge in [0.15, 0.2) is 6.61 Å². The van der Waals surface area contributed by atoms with Crippen molar-refractivity contribution >= 4 is 5.91 Å². The van der Waals surface area contributed by atoms with E-state index in [1.807, 2.05) is 37.4 Å². The van der Waals surface area contributed by atoms with Crippen molar-refractivity contribution in [3.05, 3.63) is 59.4 Å². The number of nitrogens with one attached hydrogen (secondary N) is 1. The molecular weight excluding hydrogens is 366 g/mol. The number of likely N-dealkylation sites (tertiary alicyclic amines) is 1. The summed E-state index contributed by atoms with van der Waals surface area (Å²) in [7, 11) is 0. The van der Waals surface area contributed by atoms with E-state index in [1.165, 1.54) is 5.56 Å². The van der Waals surface area contributed by atoms with Gasteiger partial charge >= 0.3 is 0 Å². The Morgan fingerprint density at radius 1 is 1.17 bits per heavy atom. The van der Waals surface area contributed by atoms with Crippen molar-refractivity contribution in [1.82, 2.24) is 15.2 Å². The van der Waals surface area contributed by atoms with Gasteiger partial charge in [-0.05, 0) is 49.4 Å². The number of pyridine rings is 1. The minimum Gasteiger partial charge on any atom is -0.483 e. The summed E-state index contributed by atoms with van der Waals surface area (Å²) in [4.78, 5) is 19.2. The van der Waals surface area contributed by atoms with Gasteiger partial charge in [0.2, 0.25) is 0 Å². The topological polar surface area (TPSA) is 63.7 Å². The van der Waals surface area contributed by atoms with Crippen LogP contribution < -0.4 is 10.1 Å². The number of hydrogen-bond donors (Lipinski definition) is 1. The molecule has 1 N–H and O–H groups in total. The van der Waals surface area contributed by atoms with E-state index in [1.54, 1.807) is 0 Å². The van der Waals surface area contributed by atoms with E-state index in [4.69, 9.17) is 9.47 Å². The maximum atomic E-state index is 12.5. The third-order valence-corrected chi connectivity index (χ3v) is 5.57. The van der Waals surface area contributed by atoms with E-state index in [2.05, 4.69) is 27.3 Å². The van der Waals surface area contributed by atoms with Gasteiger partial charge in [0.25, 0.3) is 5.91 Å². The maximum absolute atomic E-state index is 12.5. The lowest BCUT2D eigenvalue weighted by Gasteiger charge is -2.20. The molecule has 3 heterocycles. The van der Waals surface area contributed by atoms with Crippen LogP contribution in [-0.4, -0.2) is 54.2 Å². The second-order valence-electron chi connectivity index (χ2n) is 7.94. The van der Waals surface area contributed by atoms with Crippen LogP contribution in [0.4, 0.5) is 0 Å². The van der Waals surface area contributed by atoms with Crippen molar-refractivity contribution in [3.63, 3.8) is 0 Å². The van der Waals surface area contributed by atoms with Gasteiger partial charge in [-0.1, -0.05) is 24.3 Å². The van der Waals surface area contributed by atoms with Crippen LogP contribution in [0.1, 0.15) is 29.7 Å². The lowest BCUT2D eigenvalue weighted by Crippen LogP contribution is -2.45. The van der Waals surface area contributed by atoms with Gasteiger partial charge in [0, 0.05) is 38.1 Å². The fourth-order valence-corrected chi connectivity index (χ4v) is 4.03. The third kappa shape index (κ3) is 5.34. The number of ether oxygens (including phenoxy) is 2. The average molecular weight is 396 g/mol. The van der Waals surface area contributed by atoms with Crippen LogP contribution >= 0.6 is 0 Å². The van der Waals surface area contributed by atoms with Crippen LogP contribution in [0, 0.1) is 6.92 Å². The van der Waals surface area contributed by atoms with Crippen LogP contribution in [0.2, 0.25) is 0 Å². The summed E-state index contributed by atoms with van der Waals surface area (Å²) >= 11 is 0. The molecule has 0 saturated carbocycles. The van der Waals surface area contributed by atoms with Crippen LogP contribution in [0.5, 0.6) is 5.75 Å². The number of carbonyl (C=O) groups is 1. The van der Waals surface area contributed by atoms with E-state index in [9.17, 15) is 4.79 Å². The van der Waals surface area contributed by atoms with Crippen molar-refractivity contribution in [1.29, 1.82) is 0 Å². The molecule has 1 saturated heterocycles. The van der Waals surface area contributed by atoms with Gasteiger partial charge < -0.3 is 14.8 Å². The van der Waals surface area contributed by atoms with Crippen LogP contribution in [0.25, 0.3) is 0 Å². The van der Waals surface area contributed by atoms with Crippen molar-refractivity contribution in [2.75, 3.05) is 26.3 Å². The Morgan fingerprint density at radius 2 is 2.07 bits per heavy atom. The number of rotatable bonds is 2. The molecule has 0 spiro atoms. The molecule has 0 aliphatic carbocycles. The summed E-state index contributed by atoms with van der Waals surface area (Å²) in [5, 5.41) is 3.13. The summed E-state index contributed by atoms with van der Waals surface area (Å²) < 4.78 is 12.0. The zero-order valence-electron chi connectivity index (χ0n) is 17.0. The van der Waals surface area contributed by atoms with E-state index in [0.717, 1.165) is 55.9 Å². The fourth-order valence-electron chi connectivity index (χ4n) is 4.03. The number of hydrogen-bond acceptors (Lipinski definition) is 5. The van der Waals surface area contributed by atoms with Crippen molar-refractivity contribution < 1.29 is 14.3 Å². The summed E-state index contributed by atoms with van der Waals surface area (Å²) in [6, 6.07) is 12.1. The average Bonchev–Trinajstić information content (AvgIpc) is 3.09. The zero-order chi connectivity index (χ0) is 20.1. The van der Waals surface area contributed by atoms with E-state index < -0.39 is 0 Å². The third-order valence-electron chi connectivity index (χ3n) is 5.57.